The molecule has 11 nitrogen and oxygen atoms in total. The lowest BCUT2D eigenvalue weighted by atomic mass is 10.0. The molecule has 1 N–H and O–H groups in total. The van der Waals surface area contributed by atoms with Crippen molar-refractivity contribution < 1.29 is 19.0 Å². The third-order valence-electron chi connectivity index (χ3n) is 6.68. The molecule has 0 spiro atoms. The summed E-state index contributed by atoms with van der Waals surface area (Å²) in [5.74, 6) is -0.0557. The molecule has 0 radical (unpaired) electrons. The molecule has 0 aromatic carbocycles. The molecule has 5 rings (SSSR count). The minimum atomic E-state index is -0.909. The number of nitriles is 1. The van der Waals surface area contributed by atoms with E-state index < -0.39 is 18.0 Å². The molecule has 4 aromatic rings. The van der Waals surface area contributed by atoms with Crippen molar-refractivity contribution in [2.24, 2.45) is 0 Å². The van der Waals surface area contributed by atoms with Crippen molar-refractivity contribution in [3.63, 3.8) is 0 Å². The summed E-state index contributed by atoms with van der Waals surface area (Å²) in [4.78, 5) is 21.2. The number of hydrogen-bond donors (Lipinski definition) is 1. The summed E-state index contributed by atoms with van der Waals surface area (Å²) in [5.41, 5.74) is 3.58. The minimum Gasteiger partial charge on any atom is -0.469 e. The number of aromatic nitrogens is 6. The van der Waals surface area contributed by atoms with E-state index in [0.29, 0.717) is 66.5 Å². The van der Waals surface area contributed by atoms with Gasteiger partial charge in [-0.15, -0.1) is 5.10 Å². The average Bonchev–Trinajstić information content (AvgIpc) is 3.51. The maximum atomic E-state index is 13.4. The van der Waals surface area contributed by atoms with Crippen LogP contribution in [0.4, 0.5) is 9.18 Å². The summed E-state index contributed by atoms with van der Waals surface area (Å²) in [6.07, 6.45) is 3.09. The second kappa shape index (κ2) is 9.85. The lowest BCUT2D eigenvalue weighted by molar-refractivity contribution is 0.123. The number of carboxylic acid groups (broad SMARTS) is 1. The number of likely N-dealkylation sites (tertiary alicyclic amines) is 1. The van der Waals surface area contributed by atoms with Crippen molar-refractivity contribution in [1.29, 1.82) is 5.26 Å². The number of rotatable bonds is 6. The predicted molar refractivity (Wildman–Crippen MR) is 129 cm³/mol. The van der Waals surface area contributed by atoms with Crippen LogP contribution in [0.1, 0.15) is 55.4 Å². The number of hydrogen-bond acceptors (Lipinski definition) is 7. The Balaban J connectivity index is 1.51. The van der Waals surface area contributed by atoms with E-state index in [9.17, 15) is 19.6 Å². The molecule has 1 fully saturated rings. The normalized spacial score (nSPS) is 15.0. The lowest BCUT2D eigenvalue weighted by Crippen LogP contribution is -2.38. The van der Waals surface area contributed by atoms with Crippen molar-refractivity contribution in [2.75, 3.05) is 13.1 Å². The van der Waals surface area contributed by atoms with Gasteiger partial charge in [0.15, 0.2) is 0 Å². The number of pyridine rings is 2. The number of halogens is 1. The highest BCUT2D eigenvalue weighted by Gasteiger charge is 2.27. The van der Waals surface area contributed by atoms with Crippen LogP contribution in [0.2, 0.25) is 0 Å². The molecule has 190 valence electrons. The molecular weight excluding hydrogens is 479 g/mol. The van der Waals surface area contributed by atoms with Crippen LogP contribution in [-0.2, 0) is 0 Å². The Labute approximate surface area is 211 Å². The van der Waals surface area contributed by atoms with Gasteiger partial charge in [0.05, 0.1) is 29.8 Å². The fourth-order valence-electron chi connectivity index (χ4n) is 4.71. The molecule has 4 aromatic heterocycles. The van der Waals surface area contributed by atoms with Crippen LogP contribution in [0.25, 0.3) is 16.9 Å². The quantitative estimate of drug-likeness (QED) is 0.414. The molecule has 0 bridgehead atoms. The van der Waals surface area contributed by atoms with E-state index in [1.165, 1.54) is 17.2 Å². The zero-order valence-corrected chi connectivity index (χ0v) is 20.4. The van der Waals surface area contributed by atoms with Crippen molar-refractivity contribution in [2.45, 2.75) is 45.3 Å². The van der Waals surface area contributed by atoms with E-state index in [0.717, 1.165) is 11.9 Å². The Morgan fingerprint density at radius 3 is 2.70 bits per heavy atom. The highest BCUT2D eigenvalue weighted by molar-refractivity contribution is 5.68. The molecule has 0 saturated carbocycles. The zero-order valence-electron chi connectivity index (χ0n) is 20.4. The molecule has 37 heavy (non-hydrogen) atoms. The third kappa shape index (κ3) is 4.55. The molecule has 1 unspecified atom stereocenters. The number of ether oxygens (including phenoxy) is 1. The van der Waals surface area contributed by atoms with Crippen molar-refractivity contribution in [3.05, 3.63) is 59.6 Å². The number of imidazole rings is 1. The Kier molecular flexibility index (Phi) is 6.43. The van der Waals surface area contributed by atoms with Gasteiger partial charge in [0.1, 0.15) is 35.0 Å². The van der Waals surface area contributed by atoms with Crippen LogP contribution in [0.15, 0.2) is 36.7 Å². The molecule has 1 aliphatic heterocycles. The highest BCUT2D eigenvalue weighted by Crippen LogP contribution is 2.33. The van der Waals surface area contributed by atoms with Crippen LogP contribution < -0.4 is 4.74 Å². The van der Waals surface area contributed by atoms with E-state index in [1.54, 1.807) is 16.5 Å². The van der Waals surface area contributed by atoms with Gasteiger partial charge in [-0.2, -0.15) is 5.26 Å². The molecular formula is C25H25FN8O3. The number of carbonyl (C=O) groups is 1. The smallest absolute Gasteiger partial charge is 0.407 e. The van der Waals surface area contributed by atoms with Crippen LogP contribution >= 0.6 is 0 Å². The summed E-state index contributed by atoms with van der Waals surface area (Å²) < 4.78 is 23.2. The molecule has 0 aliphatic carbocycles. The predicted octanol–water partition coefficient (Wildman–Crippen LogP) is 4.15. The third-order valence-corrected chi connectivity index (χ3v) is 6.68. The lowest BCUT2D eigenvalue weighted by Gasteiger charge is -2.30. The Morgan fingerprint density at radius 1 is 1.27 bits per heavy atom. The van der Waals surface area contributed by atoms with Crippen molar-refractivity contribution >= 4 is 11.7 Å². The number of nitrogens with zero attached hydrogens (tertiary/aromatic N) is 8. The van der Waals surface area contributed by atoms with E-state index in [1.807, 2.05) is 24.6 Å². The first kappa shape index (κ1) is 24.2. The molecule has 12 heteroatoms. The van der Waals surface area contributed by atoms with Gasteiger partial charge in [0, 0.05) is 24.7 Å². The monoisotopic (exact) mass is 504 g/mol. The molecule has 1 aliphatic rings. The van der Waals surface area contributed by atoms with Gasteiger partial charge in [-0.25, -0.2) is 18.9 Å². The van der Waals surface area contributed by atoms with Crippen molar-refractivity contribution in [1.82, 2.24) is 34.3 Å². The second-order valence-corrected chi connectivity index (χ2v) is 8.92. The first-order chi connectivity index (χ1) is 17.9. The average molecular weight is 505 g/mol. The summed E-state index contributed by atoms with van der Waals surface area (Å²) in [7, 11) is 0. The molecule has 5 heterocycles. The summed E-state index contributed by atoms with van der Waals surface area (Å²) in [6, 6.07) is 8.70. The number of amides is 1. The van der Waals surface area contributed by atoms with Gasteiger partial charge >= 0.3 is 6.09 Å². The first-order valence-corrected chi connectivity index (χ1v) is 12.0. The van der Waals surface area contributed by atoms with Crippen LogP contribution in [0, 0.1) is 24.1 Å². The highest BCUT2D eigenvalue weighted by atomic mass is 19.1. The summed E-state index contributed by atoms with van der Waals surface area (Å²) in [6.45, 7) is 4.74. The number of fused-ring (bicyclic) bond motifs is 1. The first-order valence-electron chi connectivity index (χ1n) is 12.0. The van der Waals surface area contributed by atoms with Gasteiger partial charge in [0.2, 0.25) is 5.88 Å². The maximum Gasteiger partial charge on any atom is 0.407 e. The van der Waals surface area contributed by atoms with Gasteiger partial charge in [-0.1, -0.05) is 12.1 Å². The van der Waals surface area contributed by atoms with Crippen molar-refractivity contribution in [3.8, 4) is 23.2 Å². The number of piperidine rings is 1. The Bertz CT molecular complexity index is 1480. The second-order valence-electron chi connectivity index (χ2n) is 8.92. The Hall–Kier alpha value is -4.53. The Morgan fingerprint density at radius 2 is 2.05 bits per heavy atom. The maximum absolute atomic E-state index is 13.4. The minimum absolute atomic E-state index is 0.0435. The van der Waals surface area contributed by atoms with E-state index in [-0.39, 0.29) is 6.04 Å². The van der Waals surface area contributed by atoms with Gasteiger partial charge in [-0.05, 0) is 44.4 Å². The van der Waals surface area contributed by atoms with Crippen LogP contribution in [-0.4, -0.2) is 58.6 Å². The van der Waals surface area contributed by atoms with Gasteiger partial charge in [0.25, 0.3) is 0 Å². The fourth-order valence-corrected chi connectivity index (χ4v) is 4.71. The summed E-state index contributed by atoms with van der Waals surface area (Å²) in [5, 5.41) is 27.7. The topological polar surface area (TPSA) is 134 Å². The SMILES string of the molecule is CCC(Oc1cc(-c2nnn(C3CCN(C(=O)O)CC3)c2C)cc2ncc(C#N)n12)c1ccc(F)cn1. The van der Waals surface area contributed by atoms with Crippen LogP contribution in [0.5, 0.6) is 5.88 Å². The van der Waals surface area contributed by atoms with Crippen LogP contribution in [0.3, 0.4) is 0 Å². The fraction of sp³-hybridized carbons (Fsp3) is 0.360. The molecule has 1 saturated heterocycles. The van der Waals surface area contributed by atoms with E-state index in [4.69, 9.17) is 4.74 Å². The van der Waals surface area contributed by atoms with E-state index >= 15 is 0 Å². The zero-order chi connectivity index (χ0) is 26.1. The largest absolute Gasteiger partial charge is 0.469 e. The molecule has 1 amide bonds. The van der Waals surface area contributed by atoms with Gasteiger partial charge < -0.3 is 14.7 Å². The summed E-state index contributed by atoms with van der Waals surface area (Å²) >= 11 is 0. The molecule has 1 atom stereocenters. The standard InChI is InChI=1S/C25H25FN8O3/c1-3-21(20-5-4-17(26)13-28-20)37-23-11-16(10-22-29-14-19(12-27)33(22)23)24-15(2)34(31-30-24)18-6-8-32(9-7-18)25(35)36/h4-5,10-11,13-14,18,21H,3,6-9H2,1-2H3,(H,35,36). The van der Waals surface area contributed by atoms with Gasteiger partial charge in [-0.3, -0.25) is 9.38 Å². The van der Waals surface area contributed by atoms with E-state index in [2.05, 4.69) is 26.3 Å².